The third-order valence-corrected chi connectivity index (χ3v) is 4.90. The average molecular weight is 295 g/mol. The van der Waals surface area contributed by atoms with Crippen molar-refractivity contribution in [2.45, 2.75) is 51.7 Å². The van der Waals surface area contributed by atoms with Crippen molar-refractivity contribution in [3.63, 3.8) is 0 Å². The number of nitrogens with zero attached hydrogens (tertiary/aromatic N) is 1. The fourth-order valence-electron chi connectivity index (χ4n) is 2.48. The third-order valence-electron chi connectivity index (χ3n) is 3.88. The highest BCUT2D eigenvalue weighted by molar-refractivity contribution is 7.10. The number of nitrogens with one attached hydrogen (secondary N) is 1. The molecule has 2 heterocycles. The van der Waals surface area contributed by atoms with E-state index in [2.05, 4.69) is 28.6 Å². The van der Waals surface area contributed by atoms with E-state index in [9.17, 15) is 4.79 Å². The SMILES string of the molecule is CC(N)CCC(=O)NCC(C)N1CCc2sccc2C1. The number of hydrogen-bond acceptors (Lipinski definition) is 4. The Hall–Kier alpha value is -0.910. The summed E-state index contributed by atoms with van der Waals surface area (Å²) in [6.45, 7) is 6.93. The number of fused-ring (bicyclic) bond motifs is 1. The van der Waals surface area contributed by atoms with Gasteiger partial charge in [0.1, 0.15) is 0 Å². The van der Waals surface area contributed by atoms with Crippen LogP contribution in [0.4, 0.5) is 0 Å². The van der Waals surface area contributed by atoms with Crippen molar-refractivity contribution in [1.29, 1.82) is 0 Å². The van der Waals surface area contributed by atoms with Gasteiger partial charge in [-0.2, -0.15) is 0 Å². The van der Waals surface area contributed by atoms with Crippen molar-refractivity contribution in [2.75, 3.05) is 13.1 Å². The molecule has 0 aliphatic carbocycles. The van der Waals surface area contributed by atoms with E-state index in [1.807, 2.05) is 18.3 Å². The maximum absolute atomic E-state index is 11.7. The van der Waals surface area contributed by atoms with Gasteiger partial charge in [0.25, 0.3) is 0 Å². The normalized spacial score (nSPS) is 18.4. The molecule has 1 aliphatic rings. The van der Waals surface area contributed by atoms with Gasteiger partial charge in [-0.25, -0.2) is 0 Å². The molecule has 5 heteroatoms. The lowest BCUT2D eigenvalue weighted by atomic mass is 10.1. The van der Waals surface area contributed by atoms with Gasteiger partial charge in [0.05, 0.1) is 0 Å². The molecule has 0 fully saturated rings. The number of nitrogens with two attached hydrogens (primary N) is 1. The number of rotatable bonds is 6. The molecule has 1 aliphatic heterocycles. The van der Waals surface area contributed by atoms with Crippen molar-refractivity contribution >= 4 is 17.2 Å². The highest BCUT2D eigenvalue weighted by Gasteiger charge is 2.21. The second kappa shape index (κ2) is 7.20. The first-order chi connectivity index (χ1) is 9.56. The van der Waals surface area contributed by atoms with E-state index in [0.717, 1.165) is 32.5 Å². The first-order valence-electron chi connectivity index (χ1n) is 7.38. The minimum atomic E-state index is 0.0947. The zero-order chi connectivity index (χ0) is 14.5. The number of carbonyl (C=O) groups is 1. The van der Waals surface area contributed by atoms with Crippen LogP contribution in [0, 0.1) is 0 Å². The van der Waals surface area contributed by atoms with Gasteiger partial charge < -0.3 is 11.1 Å². The summed E-state index contributed by atoms with van der Waals surface area (Å²) in [6, 6.07) is 2.69. The van der Waals surface area contributed by atoms with E-state index in [1.165, 1.54) is 10.4 Å². The van der Waals surface area contributed by atoms with E-state index in [1.54, 1.807) is 0 Å². The van der Waals surface area contributed by atoms with Gasteiger partial charge >= 0.3 is 0 Å². The minimum Gasteiger partial charge on any atom is -0.355 e. The van der Waals surface area contributed by atoms with Crippen molar-refractivity contribution in [1.82, 2.24) is 10.2 Å². The molecule has 0 saturated heterocycles. The molecule has 1 amide bonds. The Morgan fingerprint density at radius 3 is 3.10 bits per heavy atom. The summed E-state index contributed by atoms with van der Waals surface area (Å²) in [7, 11) is 0. The first kappa shape index (κ1) is 15.5. The van der Waals surface area contributed by atoms with E-state index in [0.29, 0.717) is 12.5 Å². The molecule has 0 aromatic carbocycles. The molecule has 2 atom stereocenters. The molecular weight excluding hydrogens is 270 g/mol. The molecule has 0 spiro atoms. The number of carbonyl (C=O) groups excluding carboxylic acids is 1. The highest BCUT2D eigenvalue weighted by Crippen LogP contribution is 2.24. The quantitative estimate of drug-likeness (QED) is 0.840. The lowest BCUT2D eigenvalue weighted by molar-refractivity contribution is -0.121. The monoisotopic (exact) mass is 295 g/mol. The fourth-order valence-corrected chi connectivity index (χ4v) is 3.37. The van der Waals surface area contributed by atoms with Gasteiger partial charge in [0.2, 0.25) is 5.91 Å². The van der Waals surface area contributed by atoms with E-state index in [-0.39, 0.29) is 11.9 Å². The number of thiophene rings is 1. The molecule has 2 unspecified atom stereocenters. The van der Waals surface area contributed by atoms with Crippen molar-refractivity contribution in [3.8, 4) is 0 Å². The van der Waals surface area contributed by atoms with Gasteiger partial charge in [0, 0.05) is 43.0 Å². The summed E-state index contributed by atoms with van der Waals surface area (Å²) in [5.41, 5.74) is 7.12. The van der Waals surface area contributed by atoms with Gasteiger partial charge in [-0.1, -0.05) is 0 Å². The summed E-state index contributed by atoms with van der Waals surface area (Å²) in [5.74, 6) is 0.113. The molecule has 1 aromatic rings. The van der Waals surface area contributed by atoms with Crippen LogP contribution in [0.15, 0.2) is 11.4 Å². The zero-order valence-electron chi connectivity index (χ0n) is 12.4. The third kappa shape index (κ3) is 4.30. The molecule has 3 N–H and O–H groups in total. The maximum Gasteiger partial charge on any atom is 0.220 e. The fraction of sp³-hybridized carbons (Fsp3) is 0.667. The maximum atomic E-state index is 11.7. The van der Waals surface area contributed by atoms with Crippen LogP contribution in [0.2, 0.25) is 0 Å². The summed E-state index contributed by atoms with van der Waals surface area (Å²) >= 11 is 1.86. The predicted octanol–water partition coefficient (Wildman–Crippen LogP) is 1.74. The Morgan fingerprint density at radius 2 is 2.35 bits per heavy atom. The molecule has 0 radical (unpaired) electrons. The van der Waals surface area contributed by atoms with Crippen LogP contribution in [0.3, 0.4) is 0 Å². The Balaban J connectivity index is 1.73. The van der Waals surface area contributed by atoms with Gasteiger partial charge in [-0.3, -0.25) is 9.69 Å². The van der Waals surface area contributed by atoms with Crippen LogP contribution < -0.4 is 11.1 Å². The summed E-state index contributed by atoms with van der Waals surface area (Å²) < 4.78 is 0. The Kier molecular flexibility index (Phi) is 5.57. The Morgan fingerprint density at radius 1 is 1.55 bits per heavy atom. The van der Waals surface area contributed by atoms with Gasteiger partial charge in [-0.15, -0.1) is 11.3 Å². The Labute approximate surface area is 125 Å². The van der Waals surface area contributed by atoms with Crippen LogP contribution in [0.1, 0.15) is 37.1 Å². The van der Waals surface area contributed by atoms with Crippen LogP contribution in [-0.4, -0.2) is 36.0 Å². The van der Waals surface area contributed by atoms with Crippen LogP contribution >= 0.6 is 11.3 Å². The first-order valence-corrected chi connectivity index (χ1v) is 8.26. The van der Waals surface area contributed by atoms with E-state index < -0.39 is 0 Å². The summed E-state index contributed by atoms with van der Waals surface area (Å²) in [6.07, 6.45) is 2.41. The summed E-state index contributed by atoms with van der Waals surface area (Å²) in [5, 5.41) is 5.19. The van der Waals surface area contributed by atoms with Crippen molar-refractivity contribution < 1.29 is 4.79 Å². The molecule has 1 aromatic heterocycles. The second-order valence-corrected chi connectivity index (χ2v) is 6.76. The smallest absolute Gasteiger partial charge is 0.220 e. The zero-order valence-corrected chi connectivity index (χ0v) is 13.2. The molecule has 0 bridgehead atoms. The van der Waals surface area contributed by atoms with E-state index in [4.69, 9.17) is 5.73 Å². The Bertz CT molecular complexity index is 444. The standard InChI is InChI=1S/C15H25N3OS/c1-11(16)3-4-15(19)17-9-12(2)18-7-5-14-13(10-18)6-8-20-14/h6,8,11-12H,3-5,7,9-10,16H2,1-2H3,(H,17,19). The van der Waals surface area contributed by atoms with Crippen LogP contribution in [-0.2, 0) is 17.8 Å². The van der Waals surface area contributed by atoms with Crippen LogP contribution in [0.5, 0.6) is 0 Å². The van der Waals surface area contributed by atoms with Gasteiger partial charge in [0.15, 0.2) is 0 Å². The largest absolute Gasteiger partial charge is 0.355 e. The lowest BCUT2D eigenvalue weighted by Crippen LogP contribution is -2.44. The average Bonchev–Trinajstić information content (AvgIpc) is 2.89. The van der Waals surface area contributed by atoms with Gasteiger partial charge in [-0.05, 0) is 43.7 Å². The highest BCUT2D eigenvalue weighted by atomic mass is 32.1. The second-order valence-electron chi connectivity index (χ2n) is 5.76. The van der Waals surface area contributed by atoms with Crippen molar-refractivity contribution in [2.24, 2.45) is 5.73 Å². The van der Waals surface area contributed by atoms with Crippen LogP contribution in [0.25, 0.3) is 0 Å². The topological polar surface area (TPSA) is 58.4 Å². The molecule has 0 saturated carbocycles. The minimum absolute atomic E-state index is 0.0947. The molecular formula is C15H25N3OS. The molecule has 112 valence electrons. The van der Waals surface area contributed by atoms with E-state index >= 15 is 0 Å². The number of hydrogen-bond donors (Lipinski definition) is 2. The molecule has 2 rings (SSSR count). The molecule has 4 nitrogen and oxygen atoms in total. The predicted molar refractivity (Wildman–Crippen MR) is 83.8 cm³/mol. The summed E-state index contributed by atoms with van der Waals surface area (Å²) in [4.78, 5) is 15.7. The molecule has 20 heavy (non-hydrogen) atoms. The van der Waals surface area contributed by atoms with Crippen molar-refractivity contribution in [3.05, 3.63) is 21.9 Å². The number of amides is 1. The lowest BCUT2D eigenvalue weighted by Gasteiger charge is -2.32.